The van der Waals surface area contributed by atoms with Crippen LogP contribution in [0.15, 0.2) is 59.6 Å². The van der Waals surface area contributed by atoms with Crippen molar-refractivity contribution in [2.75, 3.05) is 6.61 Å². The highest BCUT2D eigenvalue weighted by Gasteiger charge is 2.35. The third-order valence-corrected chi connectivity index (χ3v) is 6.90. The van der Waals surface area contributed by atoms with Gasteiger partial charge in [-0.2, -0.15) is 5.10 Å². The van der Waals surface area contributed by atoms with E-state index in [1.807, 2.05) is 57.3 Å². The van der Waals surface area contributed by atoms with Crippen LogP contribution in [-0.4, -0.2) is 37.6 Å². The van der Waals surface area contributed by atoms with Crippen LogP contribution in [0.5, 0.6) is 5.75 Å². The number of nitrogens with zero attached hydrogens (tertiary/aromatic N) is 3. The number of carbonyl (C=O) groups is 1. The van der Waals surface area contributed by atoms with Gasteiger partial charge in [-0.15, -0.1) is 0 Å². The maximum atomic E-state index is 14.8. The molecule has 34 heavy (non-hydrogen) atoms. The lowest BCUT2D eigenvalue weighted by Gasteiger charge is -2.21. The van der Waals surface area contributed by atoms with E-state index in [-0.39, 0.29) is 17.7 Å². The molecule has 2 aromatic carbocycles. The monoisotopic (exact) mass is 495 g/mol. The molecule has 1 aliphatic rings. The van der Waals surface area contributed by atoms with Gasteiger partial charge >= 0.3 is 0 Å². The Kier molecular flexibility index (Phi) is 7.48. The minimum Gasteiger partial charge on any atom is -0.491 e. The predicted octanol–water partition coefficient (Wildman–Crippen LogP) is 6.47. The molecule has 5 nitrogen and oxygen atoms in total. The van der Waals surface area contributed by atoms with E-state index in [1.54, 1.807) is 27.8 Å². The molecule has 1 fully saturated rings. The summed E-state index contributed by atoms with van der Waals surface area (Å²) in [5.41, 5.74) is 2.73. The zero-order chi connectivity index (χ0) is 24.2. The van der Waals surface area contributed by atoms with E-state index in [0.29, 0.717) is 32.7 Å². The Hall–Kier alpha value is -2.97. The maximum Gasteiger partial charge on any atom is 0.266 e. The zero-order valence-corrected chi connectivity index (χ0v) is 21.0. The Bertz CT molecular complexity index is 1240. The average molecular weight is 496 g/mol. The minimum atomic E-state index is -0.450. The number of rotatable bonds is 8. The lowest BCUT2D eigenvalue weighted by atomic mass is 10.1. The Morgan fingerprint density at radius 2 is 1.97 bits per heavy atom. The Balaban J connectivity index is 1.78. The van der Waals surface area contributed by atoms with Crippen LogP contribution in [0.4, 0.5) is 4.39 Å². The molecular weight excluding hydrogens is 469 g/mol. The van der Waals surface area contributed by atoms with Crippen molar-refractivity contribution in [1.29, 1.82) is 0 Å². The normalized spacial score (nSPS) is 15.9. The lowest BCUT2D eigenvalue weighted by Crippen LogP contribution is -2.36. The van der Waals surface area contributed by atoms with Crippen LogP contribution in [0.2, 0.25) is 0 Å². The van der Waals surface area contributed by atoms with Gasteiger partial charge in [0.15, 0.2) is 11.6 Å². The van der Waals surface area contributed by atoms with Gasteiger partial charge in [-0.1, -0.05) is 56.0 Å². The molecule has 2 heterocycles. The van der Waals surface area contributed by atoms with Crippen molar-refractivity contribution in [2.45, 2.75) is 39.7 Å². The first kappa shape index (κ1) is 24.2. The van der Waals surface area contributed by atoms with Crippen molar-refractivity contribution in [3.63, 3.8) is 0 Å². The van der Waals surface area contributed by atoms with Gasteiger partial charge in [0, 0.05) is 23.4 Å². The number of halogens is 1. The molecule has 0 spiro atoms. The van der Waals surface area contributed by atoms with Crippen LogP contribution in [0.1, 0.15) is 39.2 Å². The van der Waals surface area contributed by atoms with Crippen molar-refractivity contribution < 1.29 is 13.9 Å². The maximum absolute atomic E-state index is 14.8. The van der Waals surface area contributed by atoms with Crippen molar-refractivity contribution in [2.24, 2.45) is 0 Å². The summed E-state index contributed by atoms with van der Waals surface area (Å²) in [5.74, 6) is -0.351. The van der Waals surface area contributed by atoms with Crippen LogP contribution in [0, 0.1) is 5.82 Å². The topological polar surface area (TPSA) is 47.4 Å². The van der Waals surface area contributed by atoms with Gasteiger partial charge in [0.25, 0.3) is 5.91 Å². The van der Waals surface area contributed by atoms with Crippen molar-refractivity contribution >= 4 is 40.3 Å². The molecule has 0 radical (unpaired) electrons. The summed E-state index contributed by atoms with van der Waals surface area (Å²) in [4.78, 5) is 15.3. The first-order valence-corrected chi connectivity index (χ1v) is 12.5. The van der Waals surface area contributed by atoms with Gasteiger partial charge in [-0.25, -0.2) is 9.07 Å². The number of aromatic nitrogens is 2. The van der Waals surface area contributed by atoms with Crippen LogP contribution < -0.4 is 4.74 Å². The van der Waals surface area contributed by atoms with Gasteiger partial charge < -0.3 is 4.74 Å². The van der Waals surface area contributed by atoms with Crippen LogP contribution in [-0.2, 0) is 4.79 Å². The number of ether oxygens (including phenoxy) is 1. The van der Waals surface area contributed by atoms with E-state index in [4.69, 9.17) is 22.1 Å². The summed E-state index contributed by atoms with van der Waals surface area (Å²) in [6, 6.07) is 14.5. The fourth-order valence-corrected chi connectivity index (χ4v) is 5.04. The molecular formula is C26H26FN3O2S2. The SMILES string of the molecule is CCCOc1ccc(-c2nn(-c3ccccc3)cc2/C=C2\SC(=S)N(C(C)CC)C2=O)cc1F. The Morgan fingerprint density at radius 1 is 1.21 bits per heavy atom. The highest BCUT2D eigenvalue weighted by Crippen LogP contribution is 2.36. The molecule has 0 aliphatic carbocycles. The van der Waals surface area contributed by atoms with Crippen molar-refractivity contribution in [3.05, 3.63) is 71.0 Å². The molecule has 1 amide bonds. The third kappa shape index (κ3) is 4.93. The number of thiocarbonyl (C=S) groups is 1. The Morgan fingerprint density at radius 3 is 2.65 bits per heavy atom. The Labute approximate surface area is 208 Å². The highest BCUT2D eigenvalue weighted by atomic mass is 32.2. The second-order valence-corrected chi connectivity index (χ2v) is 9.69. The summed E-state index contributed by atoms with van der Waals surface area (Å²) in [6.45, 7) is 6.43. The second kappa shape index (κ2) is 10.5. The van der Waals surface area contributed by atoms with E-state index < -0.39 is 5.82 Å². The fourth-order valence-electron chi connectivity index (χ4n) is 3.59. The summed E-state index contributed by atoms with van der Waals surface area (Å²) in [5, 5.41) is 4.74. The molecule has 1 saturated heterocycles. The van der Waals surface area contributed by atoms with Crippen LogP contribution >= 0.6 is 24.0 Å². The van der Waals surface area contributed by atoms with Gasteiger partial charge in [0.1, 0.15) is 10.0 Å². The standard InChI is InChI=1S/C26H26FN3O2S2/c1-4-13-32-22-12-11-18(14-21(22)27)24-19(16-29(28-24)20-9-7-6-8-10-20)15-23-25(31)30(17(3)5-2)26(33)34-23/h6-12,14-17H,4-5,13H2,1-3H3/b23-15-. The van der Waals surface area contributed by atoms with Crippen LogP contribution in [0.25, 0.3) is 23.0 Å². The number of hydrogen-bond donors (Lipinski definition) is 0. The molecule has 176 valence electrons. The quantitative estimate of drug-likeness (QED) is 0.265. The summed E-state index contributed by atoms with van der Waals surface area (Å²) in [6.07, 6.45) is 5.24. The summed E-state index contributed by atoms with van der Waals surface area (Å²) >= 11 is 6.75. The molecule has 0 N–H and O–H groups in total. The zero-order valence-electron chi connectivity index (χ0n) is 19.3. The van der Waals surface area contributed by atoms with E-state index in [9.17, 15) is 9.18 Å². The first-order chi connectivity index (χ1) is 16.4. The molecule has 1 aliphatic heterocycles. The lowest BCUT2D eigenvalue weighted by molar-refractivity contribution is -0.123. The average Bonchev–Trinajstić information content (AvgIpc) is 3.39. The van der Waals surface area contributed by atoms with E-state index in [0.717, 1.165) is 18.5 Å². The molecule has 1 atom stereocenters. The van der Waals surface area contributed by atoms with Gasteiger partial charge in [0.05, 0.1) is 17.2 Å². The fraction of sp³-hybridized carbons (Fsp3) is 0.269. The van der Waals surface area contributed by atoms with Crippen molar-refractivity contribution in [3.8, 4) is 22.7 Å². The van der Waals surface area contributed by atoms with Crippen molar-refractivity contribution in [1.82, 2.24) is 14.7 Å². The molecule has 0 saturated carbocycles. The molecule has 8 heteroatoms. The van der Waals surface area contributed by atoms with Gasteiger partial charge in [-0.05, 0) is 56.2 Å². The van der Waals surface area contributed by atoms with E-state index in [2.05, 4.69) is 0 Å². The number of carbonyl (C=O) groups excluding carboxylic acids is 1. The predicted molar refractivity (Wildman–Crippen MR) is 140 cm³/mol. The molecule has 1 unspecified atom stereocenters. The number of benzene rings is 2. The molecule has 4 rings (SSSR count). The smallest absolute Gasteiger partial charge is 0.266 e. The van der Waals surface area contributed by atoms with Gasteiger partial charge in [-0.3, -0.25) is 9.69 Å². The van der Waals surface area contributed by atoms with Crippen LogP contribution in [0.3, 0.4) is 0 Å². The van der Waals surface area contributed by atoms with Gasteiger partial charge in [0.2, 0.25) is 0 Å². The number of thioether (sulfide) groups is 1. The summed E-state index contributed by atoms with van der Waals surface area (Å²) in [7, 11) is 0. The van der Waals surface area contributed by atoms with E-state index in [1.165, 1.54) is 17.8 Å². The number of para-hydroxylation sites is 1. The molecule has 3 aromatic rings. The highest BCUT2D eigenvalue weighted by molar-refractivity contribution is 8.26. The first-order valence-electron chi connectivity index (χ1n) is 11.3. The summed E-state index contributed by atoms with van der Waals surface area (Å²) < 4.78 is 22.5. The second-order valence-electron chi connectivity index (χ2n) is 8.02. The molecule has 0 bridgehead atoms. The van der Waals surface area contributed by atoms with E-state index >= 15 is 0 Å². The number of hydrogen-bond acceptors (Lipinski definition) is 5. The number of amides is 1. The minimum absolute atomic E-state index is 0.0228. The third-order valence-electron chi connectivity index (χ3n) is 5.57. The molecule has 1 aromatic heterocycles. The largest absolute Gasteiger partial charge is 0.491 e.